The van der Waals surface area contributed by atoms with Crippen molar-refractivity contribution >= 4 is 17.2 Å². The standard InChI is InChI=1S/C10H11N3OS/c1-7-8(6-12-13-7)5-11-10(14)9-3-2-4-15-9/h2-4,6H,5H2,1H3,(H,11,14)(H,12,13). The summed E-state index contributed by atoms with van der Waals surface area (Å²) in [6.07, 6.45) is 1.73. The summed E-state index contributed by atoms with van der Waals surface area (Å²) >= 11 is 1.44. The molecule has 0 unspecified atom stereocenters. The van der Waals surface area contributed by atoms with Crippen LogP contribution in [0.5, 0.6) is 0 Å². The molecule has 4 nitrogen and oxygen atoms in total. The molecule has 1 amide bonds. The van der Waals surface area contributed by atoms with Gasteiger partial charge in [0.2, 0.25) is 0 Å². The van der Waals surface area contributed by atoms with Gasteiger partial charge in [-0.2, -0.15) is 5.10 Å². The molecule has 5 heteroatoms. The molecule has 0 aliphatic carbocycles. The first-order valence-corrected chi connectivity index (χ1v) is 5.46. The van der Waals surface area contributed by atoms with Gasteiger partial charge in [0, 0.05) is 17.8 Å². The molecule has 0 aliphatic heterocycles. The third kappa shape index (κ3) is 2.24. The van der Waals surface area contributed by atoms with Crippen LogP contribution in [0.4, 0.5) is 0 Å². The van der Waals surface area contributed by atoms with Crippen LogP contribution in [0.15, 0.2) is 23.7 Å². The largest absolute Gasteiger partial charge is 0.347 e. The number of hydrogen-bond donors (Lipinski definition) is 2. The van der Waals surface area contributed by atoms with Gasteiger partial charge in [0.25, 0.3) is 5.91 Å². The van der Waals surface area contributed by atoms with Gasteiger partial charge in [-0.15, -0.1) is 11.3 Å². The molecule has 0 spiro atoms. The van der Waals surface area contributed by atoms with Crippen molar-refractivity contribution < 1.29 is 4.79 Å². The normalized spacial score (nSPS) is 10.2. The molecule has 2 aromatic heterocycles. The zero-order valence-corrected chi connectivity index (χ0v) is 9.10. The van der Waals surface area contributed by atoms with E-state index in [1.54, 1.807) is 6.20 Å². The molecule has 2 N–H and O–H groups in total. The van der Waals surface area contributed by atoms with Crippen molar-refractivity contribution in [2.75, 3.05) is 0 Å². The molecule has 0 saturated carbocycles. The van der Waals surface area contributed by atoms with Crippen LogP contribution in [0.2, 0.25) is 0 Å². The smallest absolute Gasteiger partial charge is 0.261 e. The Morgan fingerprint density at radius 1 is 1.67 bits per heavy atom. The molecule has 0 aromatic carbocycles. The summed E-state index contributed by atoms with van der Waals surface area (Å²) in [5.74, 6) is -0.0365. The Bertz CT molecular complexity index is 447. The lowest BCUT2D eigenvalue weighted by Gasteiger charge is -2.01. The third-order valence-electron chi connectivity index (χ3n) is 2.12. The second-order valence-electron chi connectivity index (χ2n) is 3.18. The quantitative estimate of drug-likeness (QED) is 0.829. The van der Waals surface area contributed by atoms with Crippen LogP contribution >= 0.6 is 11.3 Å². The Hall–Kier alpha value is -1.62. The number of amides is 1. The molecule has 15 heavy (non-hydrogen) atoms. The second kappa shape index (κ2) is 4.27. The van der Waals surface area contributed by atoms with Gasteiger partial charge in [-0.3, -0.25) is 9.89 Å². The van der Waals surface area contributed by atoms with E-state index in [-0.39, 0.29) is 5.91 Å². The molecular formula is C10H11N3OS. The van der Waals surface area contributed by atoms with E-state index in [0.29, 0.717) is 6.54 Å². The minimum Gasteiger partial charge on any atom is -0.347 e. The van der Waals surface area contributed by atoms with Gasteiger partial charge in [-0.05, 0) is 18.4 Å². The fraction of sp³-hybridized carbons (Fsp3) is 0.200. The molecule has 0 bridgehead atoms. The fourth-order valence-electron chi connectivity index (χ4n) is 1.22. The van der Waals surface area contributed by atoms with Gasteiger partial charge in [-0.25, -0.2) is 0 Å². The third-order valence-corrected chi connectivity index (χ3v) is 2.99. The number of hydrogen-bond acceptors (Lipinski definition) is 3. The Morgan fingerprint density at radius 3 is 3.13 bits per heavy atom. The minimum absolute atomic E-state index is 0.0365. The van der Waals surface area contributed by atoms with E-state index in [1.807, 2.05) is 24.4 Å². The average Bonchev–Trinajstić information content (AvgIpc) is 2.85. The summed E-state index contributed by atoms with van der Waals surface area (Å²) in [6, 6.07) is 3.67. The maximum absolute atomic E-state index is 11.6. The molecule has 0 fully saturated rings. The summed E-state index contributed by atoms with van der Waals surface area (Å²) in [5, 5.41) is 11.4. The van der Waals surface area contributed by atoms with Crippen LogP contribution in [0.25, 0.3) is 0 Å². The van der Waals surface area contributed by atoms with E-state index in [2.05, 4.69) is 15.5 Å². The van der Waals surface area contributed by atoms with Crippen LogP contribution < -0.4 is 5.32 Å². The van der Waals surface area contributed by atoms with E-state index in [9.17, 15) is 4.79 Å². The van der Waals surface area contributed by atoms with Crippen molar-refractivity contribution in [3.63, 3.8) is 0 Å². The van der Waals surface area contributed by atoms with Gasteiger partial charge < -0.3 is 5.32 Å². The average molecular weight is 221 g/mol. The first kappa shape index (κ1) is 9.92. The maximum Gasteiger partial charge on any atom is 0.261 e. The summed E-state index contributed by atoms with van der Waals surface area (Å²) in [7, 11) is 0. The van der Waals surface area contributed by atoms with Gasteiger partial charge in [-0.1, -0.05) is 6.07 Å². The van der Waals surface area contributed by atoms with Gasteiger partial charge >= 0.3 is 0 Å². The molecule has 0 radical (unpaired) electrons. The summed E-state index contributed by atoms with van der Waals surface area (Å²) in [6.45, 7) is 2.44. The molecule has 0 atom stereocenters. The molecular weight excluding hydrogens is 210 g/mol. The van der Waals surface area contributed by atoms with Crippen LogP contribution in [0.3, 0.4) is 0 Å². The zero-order chi connectivity index (χ0) is 10.7. The number of carbonyl (C=O) groups excluding carboxylic acids is 1. The van der Waals surface area contributed by atoms with Crippen molar-refractivity contribution in [3.8, 4) is 0 Å². The molecule has 2 rings (SSSR count). The number of aryl methyl sites for hydroxylation is 1. The highest BCUT2D eigenvalue weighted by Gasteiger charge is 2.07. The van der Waals surface area contributed by atoms with Gasteiger partial charge in [0.15, 0.2) is 0 Å². The first-order chi connectivity index (χ1) is 7.27. The summed E-state index contributed by atoms with van der Waals surface area (Å²) in [5.41, 5.74) is 2.00. The van der Waals surface area contributed by atoms with E-state index in [0.717, 1.165) is 16.1 Å². The number of H-pyrrole nitrogens is 1. The second-order valence-corrected chi connectivity index (χ2v) is 4.13. The number of carbonyl (C=O) groups is 1. The zero-order valence-electron chi connectivity index (χ0n) is 8.28. The molecule has 78 valence electrons. The van der Waals surface area contributed by atoms with Crippen LogP contribution in [0.1, 0.15) is 20.9 Å². The Kier molecular flexibility index (Phi) is 2.82. The van der Waals surface area contributed by atoms with Crippen molar-refractivity contribution in [3.05, 3.63) is 39.8 Å². The fourth-order valence-corrected chi connectivity index (χ4v) is 1.86. The van der Waals surface area contributed by atoms with E-state index in [1.165, 1.54) is 11.3 Å². The Morgan fingerprint density at radius 2 is 2.53 bits per heavy atom. The number of nitrogens with one attached hydrogen (secondary N) is 2. The summed E-state index contributed by atoms with van der Waals surface area (Å²) < 4.78 is 0. The molecule has 0 saturated heterocycles. The van der Waals surface area contributed by atoms with Crippen LogP contribution in [-0.2, 0) is 6.54 Å². The highest BCUT2D eigenvalue weighted by Crippen LogP contribution is 2.08. The van der Waals surface area contributed by atoms with E-state index < -0.39 is 0 Å². The predicted octanol–water partition coefficient (Wildman–Crippen LogP) is 1.71. The number of nitrogens with zero attached hydrogens (tertiary/aromatic N) is 1. The summed E-state index contributed by atoms with van der Waals surface area (Å²) in [4.78, 5) is 12.3. The van der Waals surface area contributed by atoms with Crippen molar-refractivity contribution in [2.45, 2.75) is 13.5 Å². The van der Waals surface area contributed by atoms with Crippen molar-refractivity contribution in [1.29, 1.82) is 0 Å². The predicted molar refractivity (Wildman–Crippen MR) is 58.8 cm³/mol. The topological polar surface area (TPSA) is 57.8 Å². The van der Waals surface area contributed by atoms with Gasteiger partial charge in [0.05, 0.1) is 11.1 Å². The first-order valence-electron chi connectivity index (χ1n) is 4.58. The lowest BCUT2D eigenvalue weighted by molar-refractivity contribution is 0.0955. The highest BCUT2D eigenvalue weighted by atomic mass is 32.1. The Labute approximate surface area is 91.3 Å². The maximum atomic E-state index is 11.6. The number of aromatic nitrogens is 2. The SMILES string of the molecule is Cc1[nH]ncc1CNC(=O)c1cccs1. The van der Waals surface area contributed by atoms with E-state index >= 15 is 0 Å². The number of thiophene rings is 1. The monoisotopic (exact) mass is 221 g/mol. The minimum atomic E-state index is -0.0365. The molecule has 2 heterocycles. The number of rotatable bonds is 3. The highest BCUT2D eigenvalue weighted by molar-refractivity contribution is 7.12. The van der Waals surface area contributed by atoms with Crippen molar-refractivity contribution in [2.24, 2.45) is 0 Å². The van der Waals surface area contributed by atoms with Crippen LogP contribution in [-0.4, -0.2) is 16.1 Å². The van der Waals surface area contributed by atoms with E-state index in [4.69, 9.17) is 0 Å². The lowest BCUT2D eigenvalue weighted by Crippen LogP contribution is -2.21. The Balaban J connectivity index is 1.95. The van der Waals surface area contributed by atoms with Crippen molar-refractivity contribution in [1.82, 2.24) is 15.5 Å². The van der Waals surface area contributed by atoms with Gasteiger partial charge in [0.1, 0.15) is 0 Å². The molecule has 0 aliphatic rings. The lowest BCUT2D eigenvalue weighted by atomic mass is 10.2. The molecule has 2 aromatic rings. The number of aromatic amines is 1. The van der Waals surface area contributed by atoms with Crippen LogP contribution in [0, 0.1) is 6.92 Å².